The van der Waals surface area contributed by atoms with Gasteiger partial charge in [0.2, 0.25) is 5.91 Å². The van der Waals surface area contributed by atoms with Gasteiger partial charge in [0, 0.05) is 44.7 Å². The molecular weight excluding hydrogens is 190 g/mol. The highest BCUT2D eigenvalue weighted by Gasteiger charge is 2.23. The normalized spacial score (nSPS) is 27.7. The highest BCUT2D eigenvalue weighted by molar-refractivity contribution is 5.76. The first-order valence-corrected chi connectivity index (χ1v) is 5.99. The standard InChI is InChI=1S/C11H21N3O/c1-9-8-14(7-5-12-9)6-4-11(15)13-10-2-3-10/h9-10,12H,2-8H2,1H3,(H,13,15)/t9-/m0/s1. The molecule has 0 radical (unpaired) electrons. The van der Waals surface area contributed by atoms with Gasteiger partial charge in [-0.15, -0.1) is 0 Å². The summed E-state index contributed by atoms with van der Waals surface area (Å²) in [6.45, 7) is 6.28. The van der Waals surface area contributed by atoms with Gasteiger partial charge in [-0.3, -0.25) is 4.79 Å². The highest BCUT2D eigenvalue weighted by Crippen LogP contribution is 2.18. The minimum atomic E-state index is 0.226. The molecule has 1 atom stereocenters. The summed E-state index contributed by atoms with van der Waals surface area (Å²) in [6, 6.07) is 1.06. The minimum absolute atomic E-state index is 0.226. The van der Waals surface area contributed by atoms with Crippen LogP contribution in [0, 0.1) is 0 Å². The summed E-state index contributed by atoms with van der Waals surface area (Å²) in [4.78, 5) is 13.8. The average molecular weight is 211 g/mol. The molecule has 2 rings (SSSR count). The SMILES string of the molecule is C[C@H]1CN(CCC(=O)NC2CC2)CCN1. The summed E-state index contributed by atoms with van der Waals surface area (Å²) in [5, 5.41) is 6.42. The van der Waals surface area contributed by atoms with Gasteiger partial charge in [0.05, 0.1) is 0 Å². The third-order valence-corrected chi connectivity index (χ3v) is 3.05. The molecule has 0 aromatic rings. The fraction of sp³-hybridized carbons (Fsp3) is 0.909. The molecule has 1 saturated carbocycles. The van der Waals surface area contributed by atoms with Crippen molar-refractivity contribution in [1.29, 1.82) is 0 Å². The summed E-state index contributed by atoms with van der Waals surface area (Å²) in [6.07, 6.45) is 3.01. The molecule has 0 unspecified atom stereocenters. The number of hydrogen-bond donors (Lipinski definition) is 2. The lowest BCUT2D eigenvalue weighted by Crippen LogP contribution is -2.49. The average Bonchev–Trinajstić information content (AvgIpc) is 2.99. The molecule has 2 aliphatic rings. The van der Waals surface area contributed by atoms with E-state index in [-0.39, 0.29) is 5.91 Å². The number of hydrogen-bond acceptors (Lipinski definition) is 3. The number of rotatable bonds is 4. The number of piperazine rings is 1. The van der Waals surface area contributed by atoms with Gasteiger partial charge in [0.15, 0.2) is 0 Å². The van der Waals surface area contributed by atoms with E-state index in [9.17, 15) is 4.79 Å². The van der Waals surface area contributed by atoms with Crippen LogP contribution in [0.25, 0.3) is 0 Å². The van der Waals surface area contributed by atoms with Gasteiger partial charge < -0.3 is 15.5 Å². The molecule has 1 heterocycles. The lowest BCUT2D eigenvalue weighted by atomic mass is 10.2. The smallest absolute Gasteiger partial charge is 0.221 e. The van der Waals surface area contributed by atoms with Crippen molar-refractivity contribution in [2.24, 2.45) is 0 Å². The lowest BCUT2D eigenvalue weighted by molar-refractivity contribution is -0.121. The number of carbonyl (C=O) groups is 1. The molecule has 4 heteroatoms. The van der Waals surface area contributed by atoms with Gasteiger partial charge >= 0.3 is 0 Å². The van der Waals surface area contributed by atoms with Gasteiger partial charge in [-0.05, 0) is 19.8 Å². The van der Waals surface area contributed by atoms with Crippen LogP contribution >= 0.6 is 0 Å². The number of nitrogens with zero attached hydrogens (tertiary/aromatic N) is 1. The maximum absolute atomic E-state index is 11.5. The molecule has 1 aliphatic carbocycles. The Bertz CT molecular complexity index is 228. The van der Waals surface area contributed by atoms with Crippen molar-refractivity contribution in [2.75, 3.05) is 26.2 Å². The van der Waals surface area contributed by atoms with E-state index in [1.807, 2.05) is 0 Å². The Balaban J connectivity index is 1.61. The van der Waals surface area contributed by atoms with Gasteiger partial charge in [-0.2, -0.15) is 0 Å². The second kappa shape index (κ2) is 4.94. The molecule has 1 amide bonds. The van der Waals surface area contributed by atoms with E-state index in [2.05, 4.69) is 22.5 Å². The Morgan fingerprint density at radius 3 is 3.00 bits per heavy atom. The maximum atomic E-state index is 11.5. The molecular formula is C11H21N3O. The molecule has 15 heavy (non-hydrogen) atoms. The maximum Gasteiger partial charge on any atom is 0.221 e. The fourth-order valence-electron chi connectivity index (χ4n) is 2.00. The first-order valence-electron chi connectivity index (χ1n) is 5.99. The van der Waals surface area contributed by atoms with Gasteiger partial charge in [-0.1, -0.05) is 0 Å². The highest BCUT2D eigenvalue weighted by atomic mass is 16.1. The van der Waals surface area contributed by atoms with E-state index in [1.165, 1.54) is 12.8 Å². The number of amides is 1. The Kier molecular flexibility index (Phi) is 3.59. The summed E-state index contributed by atoms with van der Waals surface area (Å²) in [5.74, 6) is 0.226. The van der Waals surface area contributed by atoms with Crippen molar-refractivity contribution in [3.8, 4) is 0 Å². The van der Waals surface area contributed by atoms with Crippen molar-refractivity contribution in [2.45, 2.75) is 38.3 Å². The Hall–Kier alpha value is -0.610. The monoisotopic (exact) mass is 211 g/mol. The first kappa shape index (κ1) is 10.9. The molecule has 2 fully saturated rings. The van der Waals surface area contributed by atoms with Crippen molar-refractivity contribution >= 4 is 5.91 Å². The van der Waals surface area contributed by atoms with Crippen LogP contribution in [0.5, 0.6) is 0 Å². The predicted molar refractivity (Wildman–Crippen MR) is 59.7 cm³/mol. The van der Waals surface area contributed by atoms with Crippen LogP contribution in [0.3, 0.4) is 0 Å². The third-order valence-electron chi connectivity index (χ3n) is 3.05. The largest absolute Gasteiger partial charge is 0.353 e. The fourth-order valence-corrected chi connectivity index (χ4v) is 2.00. The third kappa shape index (κ3) is 3.80. The van der Waals surface area contributed by atoms with Crippen molar-refractivity contribution in [3.63, 3.8) is 0 Å². The number of nitrogens with one attached hydrogen (secondary N) is 2. The number of carbonyl (C=O) groups excluding carboxylic acids is 1. The minimum Gasteiger partial charge on any atom is -0.353 e. The topological polar surface area (TPSA) is 44.4 Å². The molecule has 2 N–H and O–H groups in total. The Morgan fingerprint density at radius 1 is 1.53 bits per heavy atom. The molecule has 0 aromatic carbocycles. The van der Waals surface area contributed by atoms with E-state index < -0.39 is 0 Å². The van der Waals surface area contributed by atoms with Crippen LogP contribution in [0.2, 0.25) is 0 Å². The lowest BCUT2D eigenvalue weighted by Gasteiger charge is -2.31. The summed E-state index contributed by atoms with van der Waals surface area (Å²) >= 11 is 0. The Labute approximate surface area is 91.4 Å². The van der Waals surface area contributed by atoms with Gasteiger partial charge in [0.25, 0.3) is 0 Å². The van der Waals surface area contributed by atoms with Gasteiger partial charge in [0.1, 0.15) is 0 Å². The van der Waals surface area contributed by atoms with Crippen molar-refractivity contribution in [1.82, 2.24) is 15.5 Å². The second-order valence-electron chi connectivity index (χ2n) is 4.75. The summed E-state index contributed by atoms with van der Waals surface area (Å²) in [5.41, 5.74) is 0. The molecule has 0 bridgehead atoms. The van der Waals surface area contributed by atoms with Crippen LogP contribution in [-0.4, -0.2) is 49.1 Å². The van der Waals surface area contributed by atoms with Crippen LogP contribution < -0.4 is 10.6 Å². The molecule has 1 aliphatic heterocycles. The molecule has 1 saturated heterocycles. The summed E-state index contributed by atoms with van der Waals surface area (Å²) in [7, 11) is 0. The zero-order chi connectivity index (χ0) is 10.7. The predicted octanol–water partition coefficient (Wildman–Crippen LogP) is -0.0512. The zero-order valence-electron chi connectivity index (χ0n) is 9.46. The van der Waals surface area contributed by atoms with Crippen molar-refractivity contribution in [3.05, 3.63) is 0 Å². The van der Waals surface area contributed by atoms with Gasteiger partial charge in [-0.25, -0.2) is 0 Å². The second-order valence-corrected chi connectivity index (χ2v) is 4.75. The molecule has 4 nitrogen and oxygen atoms in total. The molecule has 0 aromatic heterocycles. The van der Waals surface area contributed by atoms with E-state index >= 15 is 0 Å². The van der Waals surface area contributed by atoms with Crippen LogP contribution in [-0.2, 0) is 4.79 Å². The van der Waals surface area contributed by atoms with E-state index in [4.69, 9.17) is 0 Å². The van der Waals surface area contributed by atoms with Crippen LogP contribution in [0.1, 0.15) is 26.2 Å². The summed E-state index contributed by atoms with van der Waals surface area (Å²) < 4.78 is 0. The zero-order valence-corrected chi connectivity index (χ0v) is 9.46. The molecule has 86 valence electrons. The Morgan fingerprint density at radius 2 is 2.33 bits per heavy atom. The quantitative estimate of drug-likeness (QED) is 0.685. The van der Waals surface area contributed by atoms with E-state index in [0.29, 0.717) is 18.5 Å². The van der Waals surface area contributed by atoms with Crippen molar-refractivity contribution < 1.29 is 4.79 Å². The van der Waals surface area contributed by atoms with E-state index in [0.717, 1.165) is 26.2 Å². The van der Waals surface area contributed by atoms with Crippen LogP contribution in [0.4, 0.5) is 0 Å². The van der Waals surface area contributed by atoms with E-state index in [1.54, 1.807) is 0 Å². The first-order chi connectivity index (χ1) is 7.24. The van der Waals surface area contributed by atoms with Crippen LogP contribution in [0.15, 0.2) is 0 Å². The molecule has 0 spiro atoms.